The van der Waals surface area contributed by atoms with Gasteiger partial charge in [0.2, 0.25) is 5.96 Å². The first-order valence-electron chi connectivity index (χ1n) is 9.12. The van der Waals surface area contributed by atoms with E-state index >= 15 is 0 Å². The number of aryl methyl sites for hydroxylation is 1. The van der Waals surface area contributed by atoms with E-state index in [-0.39, 0.29) is 24.0 Å². The van der Waals surface area contributed by atoms with Gasteiger partial charge in [-0.3, -0.25) is 14.4 Å². The summed E-state index contributed by atoms with van der Waals surface area (Å²) in [5.74, 6) is -0.116. The molecular weight excluding hydrogens is 395 g/mol. The van der Waals surface area contributed by atoms with Crippen LogP contribution in [0.3, 0.4) is 0 Å². The zero-order valence-corrected chi connectivity index (χ0v) is 16.2. The van der Waals surface area contributed by atoms with E-state index in [4.69, 9.17) is 0 Å². The van der Waals surface area contributed by atoms with Crippen molar-refractivity contribution >= 4 is 28.8 Å². The Hall–Kier alpha value is -3.62. The fraction of sp³-hybridized carbons (Fsp3) is 0.190. The fourth-order valence-corrected chi connectivity index (χ4v) is 3.30. The van der Waals surface area contributed by atoms with E-state index in [1.165, 1.54) is 30.1 Å². The molecule has 1 saturated heterocycles. The van der Waals surface area contributed by atoms with Crippen LogP contribution in [0.4, 0.5) is 13.2 Å². The van der Waals surface area contributed by atoms with E-state index in [1.54, 1.807) is 10.8 Å². The van der Waals surface area contributed by atoms with Gasteiger partial charge >= 0.3 is 6.18 Å². The van der Waals surface area contributed by atoms with Gasteiger partial charge in [-0.2, -0.15) is 18.3 Å². The van der Waals surface area contributed by atoms with Crippen molar-refractivity contribution in [2.24, 2.45) is 12.0 Å². The Morgan fingerprint density at radius 3 is 2.70 bits per heavy atom. The first kappa shape index (κ1) is 19.7. The highest BCUT2D eigenvalue weighted by Crippen LogP contribution is 2.32. The molecule has 0 saturated carbocycles. The molecule has 0 radical (unpaired) electrons. The van der Waals surface area contributed by atoms with Crippen LogP contribution in [0.1, 0.15) is 16.7 Å². The van der Waals surface area contributed by atoms with Crippen LogP contribution in [-0.2, 0) is 24.6 Å². The van der Waals surface area contributed by atoms with Crippen LogP contribution in [0.5, 0.6) is 0 Å². The SMILES string of the molecule is CN1C(=O)/C(=C/c2ccc3nn(C)cc3c2)NC1=NCc1ccccc1C(F)(F)F. The zero-order chi connectivity index (χ0) is 21.5. The molecule has 30 heavy (non-hydrogen) atoms. The standard InChI is InChI=1S/C21H18F3N5O/c1-28-12-15-9-13(7-8-17(15)27-28)10-18-19(30)29(2)20(26-18)25-11-14-5-3-4-6-16(14)21(22,23)24/h3-10,12H,11H2,1-2H3,(H,25,26)/b18-10-. The third-order valence-corrected chi connectivity index (χ3v) is 4.78. The molecule has 0 atom stereocenters. The Morgan fingerprint density at radius 1 is 1.17 bits per heavy atom. The minimum atomic E-state index is -4.46. The molecule has 1 fully saturated rings. The summed E-state index contributed by atoms with van der Waals surface area (Å²) in [5, 5.41) is 8.15. The van der Waals surface area contributed by atoms with Gasteiger partial charge in [0.25, 0.3) is 5.91 Å². The fourth-order valence-electron chi connectivity index (χ4n) is 3.30. The van der Waals surface area contributed by atoms with Crippen LogP contribution in [0.2, 0.25) is 0 Å². The Morgan fingerprint density at radius 2 is 1.93 bits per heavy atom. The summed E-state index contributed by atoms with van der Waals surface area (Å²) in [6.45, 7) is -0.204. The summed E-state index contributed by atoms with van der Waals surface area (Å²) in [6, 6.07) is 10.9. The number of carbonyl (C=O) groups excluding carboxylic acids is 1. The number of amides is 1. The van der Waals surface area contributed by atoms with Crippen LogP contribution < -0.4 is 5.32 Å². The van der Waals surface area contributed by atoms with Crippen molar-refractivity contribution in [2.75, 3.05) is 7.05 Å². The van der Waals surface area contributed by atoms with Crippen LogP contribution in [-0.4, -0.2) is 33.6 Å². The lowest BCUT2D eigenvalue weighted by Gasteiger charge is -2.12. The number of rotatable bonds is 3. The quantitative estimate of drug-likeness (QED) is 0.668. The van der Waals surface area contributed by atoms with Gasteiger partial charge in [-0.1, -0.05) is 24.3 Å². The van der Waals surface area contributed by atoms with Crippen LogP contribution in [0.15, 0.2) is 59.4 Å². The maximum Gasteiger partial charge on any atom is 0.416 e. The molecule has 1 amide bonds. The number of halogens is 3. The van der Waals surface area contributed by atoms with Gasteiger partial charge < -0.3 is 5.32 Å². The van der Waals surface area contributed by atoms with Crippen LogP contribution in [0, 0.1) is 0 Å². The number of benzene rings is 2. The van der Waals surface area contributed by atoms with Gasteiger partial charge in [-0.25, -0.2) is 4.99 Å². The second-order valence-electron chi connectivity index (χ2n) is 6.96. The molecule has 0 bridgehead atoms. The van der Waals surface area contributed by atoms with Gasteiger partial charge in [0.15, 0.2) is 0 Å². The highest BCUT2D eigenvalue weighted by Gasteiger charge is 2.33. The lowest BCUT2D eigenvalue weighted by molar-refractivity contribution is -0.138. The Balaban J connectivity index is 1.58. The van der Waals surface area contributed by atoms with E-state index in [1.807, 2.05) is 31.4 Å². The number of aromatic nitrogens is 2. The monoisotopic (exact) mass is 413 g/mol. The molecule has 1 aliphatic heterocycles. The second-order valence-corrected chi connectivity index (χ2v) is 6.96. The van der Waals surface area contributed by atoms with E-state index in [9.17, 15) is 18.0 Å². The summed E-state index contributed by atoms with van der Waals surface area (Å²) in [4.78, 5) is 18.0. The molecule has 1 aromatic heterocycles. The van der Waals surface area contributed by atoms with Gasteiger partial charge in [-0.05, 0) is 35.4 Å². The number of carbonyl (C=O) groups is 1. The number of likely N-dealkylation sites (N-methyl/N-ethyl adjacent to an activating group) is 1. The van der Waals surface area contributed by atoms with Crippen molar-refractivity contribution in [3.63, 3.8) is 0 Å². The molecule has 1 N–H and O–H groups in total. The van der Waals surface area contributed by atoms with Crippen LogP contribution >= 0.6 is 0 Å². The minimum absolute atomic E-state index is 0.0413. The maximum absolute atomic E-state index is 13.2. The van der Waals surface area contributed by atoms with E-state index in [0.717, 1.165) is 22.5 Å². The van der Waals surface area contributed by atoms with Gasteiger partial charge in [0.1, 0.15) is 5.70 Å². The average molecular weight is 413 g/mol. The highest BCUT2D eigenvalue weighted by molar-refractivity contribution is 6.15. The number of guanidine groups is 1. The molecule has 2 aromatic carbocycles. The van der Waals surface area contributed by atoms with Crippen molar-refractivity contribution in [3.05, 3.63) is 71.0 Å². The van der Waals surface area contributed by atoms with Crippen LogP contribution in [0.25, 0.3) is 17.0 Å². The molecule has 154 valence electrons. The van der Waals surface area contributed by atoms with E-state index < -0.39 is 11.7 Å². The smallest absolute Gasteiger partial charge is 0.321 e. The molecule has 6 nitrogen and oxygen atoms in total. The second kappa shape index (κ2) is 7.33. The average Bonchev–Trinajstić information content (AvgIpc) is 3.19. The predicted molar refractivity (Wildman–Crippen MR) is 107 cm³/mol. The number of fused-ring (bicyclic) bond motifs is 1. The predicted octanol–water partition coefficient (Wildman–Crippen LogP) is 3.55. The first-order chi connectivity index (χ1) is 14.2. The number of alkyl halides is 3. The number of nitrogens with zero attached hydrogens (tertiary/aromatic N) is 4. The maximum atomic E-state index is 13.2. The van der Waals surface area contributed by atoms with Gasteiger partial charge in [0.05, 0.1) is 17.6 Å². The summed E-state index contributed by atoms with van der Waals surface area (Å²) in [6.07, 6.45) is -0.909. The number of hydrogen-bond donors (Lipinski definition) is 1. The van der Waals surface area contributed by atoms with Crippen molar-refractivity contribution in [1.29, 1.82) is 0 Å². The normalized spacial score (nSPS) is 17.4. The molecule has 3 aromatic rings. The van der Waals surface area contributed by atoms with E-state index in [0.29, 0.717) is 5.70 Å². The lowest BCUT2D eigenvalue weighted by atomic mass is 10.1. The minimum Gasteiger partial charge on any atom is -0.321 e. The zero-order valence-electron chi connectivity index (χ0n) is 16.2. The molecule has 9 heteroatoms. The number of nitrogens with one attached hydrogen (secondary N) is 1. The lowest BCUT2D eigenvalue weighted by Crippen LogP contribution is -2.28. The van der Waals surface area contributed by atoms with E-state index in [2.05, 4.69) is 15.4 Å². The Labute approximate surface area is 170 Å². The topological polar surface area (TPSA) is 62.5 Å². The third kappa shape index (κ3) is 3.78. The molecule has 0 unspecified atom stereocenters. The molecular formula is C21H18F3N5O. The first-order valence-corrected chi connectivity index (χ1v) is 9.12. The molecule has 0 spiro atoms. The molecule has 4 rings (SSSR count). The summed E-state index contributed by atoms with van der Waals surface area (Å²) >= 11 is 0. The Kier molecular flexibility index (Phi) is 4.81. The highest BCUT2D eigenvalue weighted by atomic mass is 19.4. The molecule has 2 heterocycles. The van der Waals surface area contributed by atoms with Gasteiger partial charge in [-0.15, -0.1) is 0 Å². The summed E-state index contributed by atoms with van der Waals surface area (Å²) < 4.78 is 41.2. The number of aliphatic imine (C=N–C) groups is 1. The molecule has 1 aliphatic rings. The third-order valence-electron chi connectivity index (χ3n) is 4.78. The largest absolute Gasteiger partial charge is 0.416 e. The van der Waals surface area contributed by atoms with Gasteiger partial charge in [0, 0.05) is 25.7 Å². The van der Waals surface area contributed by atoms with Crippen molar-refractivity contribution < 1.29 is 18.0 Å². The van der Waals surface area contributed by atoms with Crippen molar-refractivity contribution in [2.45, 2.75) is 12.7 Å². The summed E-state index contributed by atoms with van der Waals surface area (Å²) in [7, 11) is 3.35. The molecule has 0 aliphatic carbocycles. The van der Waals surface area contributed by atoms with Crippen molar-refractivity contribution in [1.82, 2.24) is 20.0 Å². The number of hydrogen-bond acceptors (Lipinski definition) is 3. The summed E-state index contributed by atoms with van der Waals surface area (Å²) in [5.41, 5.74) is 1.24. The Bertz CT molecular complexity index is 1190. The van der Waals surface area contributed by atoms with Crippen molar-refractivity contribution in [3.8, 4) is 0 Å².